The molecule has 1 N–H and O–H groups in total. The molecule has 0 saturated heterocycles. The van der Waals surface area contributed by atoms with E-state index in [0.29, 0.717) is 17.4 Å². The molecule has 94 valence electrons. The third kappa shape index (κ3) is 5.00. The topological polar surface area (TPSA) is 21.3 Å². The van der Waals surface area contributed by atoms with Gasteiger partial charge in [0.2, 0.25) is 0 Å². The van der Waals surface area contributed by atoms with E-state index < -0.39 is 0 Å². The van der Waals surface area contributed by atoms with Crippen molar-refractivity contribution in [3.05, 3.63) is 35.7 Å². The number of rotatable bonds is 6. The van der Waals surface area contributed by atoms with E-state index in [1.165, 1.54) is 13.2 Å². The molecular weight excluding hydrogens is 217 g/mol. The lowest BCUT2D eigenvalue weighted by atomic mass is 10.2. The molecule has 0 aliphatic carbocycles. The predicted octanol–water partition coefficient (Wildman–Crippen LogP) is 3.24. The van der Waals surface area contributed by atoms with Gasteiger partial charge in [-0.3, -0.25) is 0 Å². The van der Waals surface area contributed by atoms with Crippen LogP contribution in [0, 0.1) is 5.82 Å². The van der Waals surface area contributed by atoms with Gasteiger partial charge in [-0.2, -0.15) is 0 Å². The average Bonchev–Trinajstić information content (AvgIpc) is 2.30. The number of nitrogens with one attached hydrogen (secondary N) is 1. The van der Waals surface area contributed by atoms with Crippen LogP contribution < -0.4 is 10.1 Å². The lowest BCUT2D eigenvalue weighted by molar-refractivity contribution is 0.411. The van der Waals surface area contributed by atoms with Gasteiger partial charge in [0.05, 0.1) is 7.11 Å². The van der Waals surface area contributed by atoms with E-state index in [1.54, 1.807) is 18.2 Å². The van der Waals surface area contributed by atoms with Gasteiger partial charge in [0.1, 0.15) is 11.6 Å². The van der Waals surface area contributed by atoms with Crippen molar-refractivity contribution < 1.29 is 9.13 Å². The smallest absolute Gasteiger partial charge is 0.134 e. The summed E-state index contributed by atoms with van der Waals surface area (Å²) in [5.74, 6) is 0.290. The minimum Gasteiger partial charge on any atom is -0.497 e. The van der Waals surface area contributed by atoms with Crippen LogP contribution in [0.5, 0.6) is 5.75 Å². The van der Waals surface area contributed by atoms with Crippen LogP contribution in [0.4, 0.5) is 4.39 Å². The van der Waals surface area contributed by atoms with Gasteiger partial charge in [0.15, 0.2) is 0 Å². The lowest BCUT2D eigenvalue weighted by Crippen LogP contribution is -2.23. The van der Waals surface area contributed by atoms with E-state index >= 15 is 0 Å². The largest absolute Gasteiger partial charge is 0.497 e. The maximum atomic E-state index is 13.5. The van der Waals surface area contributed by atoms with Crippen LogP contribution in [0.2, 0.25) is 0 Å². The highest BCUT2D eigenvalue weighted by atomic mass is 19.1. The summed E-state index contributed by atoms with van der Waals surface area (Å²) in [5.41, 5.74) is 0.593. The van der Waals surface area contributed by atoms with Gasteiger partial charge in [-0.05, 0) is 25.1 Å². The second-order valence-corrected chi connectivity index (χ2v) is 4.19. The van der Waals surface area contributed by atoms with Gasteiger partial charge in [-0.25, -0.2) is 4.39 Å². The fourth-order valence-corrected chi connectivity index (χ4v) is 1.44. The van der Waals surface area contributed by atoms with Crippen molar-refractivity contribution >= 4 is 6.08 Å². The molecule has 0 saturated carbocycles. The van der Waals surface area contributed by atoms with E-state index in [-0.39, 0.29) is 5.82 Å². The van der Waals surface area contributed by atoms with E-state index in [9.17, 15) is 4.39 Å². The third-order valence-corrected chi connectivity index (χ3v) is 2.37. The van der Waals surface area contributed by atoms with Crippen LogP contribution in [0.15, 0.2) is 24.3 Å². The van der Waals surface area contributed by atoms with Crippen LogP contribution in [0.25, 0.3) is 6.08 Å². The molecule has 0 aromatic heterocycles. The maximum Gasteiger partial charge on any atom is 0.134 e. The summed E-state index contributed by atoms with van der Waals surface area (Å²) < 4.78 is 18.5. The Balaban J connectivity index is 2.48. The summed E-state index contributed by atoms with van der Waals surface area (Å²) in [6, 6.07) is 5.36. The van der Waals surface area contributed by atoms with Gasteiger partial charge in [-0.1, -0.05) is 26.0 Å². The van der Waals surface area contributed by atoms with Crippen molar-refractivity contribution in [3.8, 4) is 5.75 Å². The molecule has 1 aromatic carbocycles. The van der Waals surface area contributed by atoms with Crippen LogP contribution in [0.1, 0.15) is 25.8 Å². The van der Waals surface area contributed by atoms with Crippen LogP contribution in [-0.4, -0.2) is 19.7 Å². The Kier molecular flexibility index (Phi) is 5.70. The SMILES string of the molecule is COc1ccc(/C=C/CCNC(C)C)c(F)c1. The lowest BCUT2D eigenvalue weighted by Gasteiger charge is -2.05. The van der Waals surface area contributed by atoms with Crippen molar-refractivity contribution in [3.63, 3.8) is 0 Å². The van der Waals surface area contributed by atoms with Gasteiger partial charge < -0.3 is 10.1 Å². The Morgan fingerprint density at radius 2 is 2.18 bits per heavy atom. The number of halogens is 1. The Labute approximate surface area is 102 Å². The Morgan fingerprint density at radius 3 is 2.76 bits per heavy atom. The van der Waals surface area contributed by atoms with Crippen LogP contribution >= 0.6 is 0 Å². The van der Waals surface area contributed by atoms with Crippen molar-refractivity contribution in [1.29, 1.82) is 0 Å². The predicted molar refractivity (Wildman–Crippen MR) is 69.7 cm³/mol. The highest BCUT2D eigenvalue weighted by molar-refractivity contribution is 5.51. The molecule has 0 amide bonds. The molecule has 1 rings (SSSR count). The number of methoxy groups -OCH3 is 1. The summed E-state index contributed by atoms with van der Waals surface area (Å²) in [6.45, 7) is 5.12. The molecule has 1 aromatic rings. The zero-order valence-corrected chi connectivity index (χ0v) is 10.7. The molecule has 0 radical (unpaired) electrons. The first kappa shape index (κ1) is 13.7. The van der Waals surface area contributed by atoms with Crippen molar-refractivity contribution in [2.75, 3.05) is 13.7 Å². The molecule has 0 heterocycles. The number of benzene rings is 1. The summed E-state index contributed by atoms with van der Waals surface area (Å²) in [7, 11) is 1.53. The van der Waals surface area contributed by atoms with Crippen molar-refractivity contribution in [2.24, 2.45) is 0 Å². The van der Waals surface area contributed by atoms with E-state index in [4.69, 9.17) is 4.74 Å². The molecule has 0 bridgehead atoms. The molecule has 0 aliphatic rings. The minimum absolute atomic E-state index is 0.252. The molecule has 3 heteroatoms. The fourth-order valence-electron chi connectivity index (χ4n) is 1.44. The summed E-state index contributed by atoms with van der Waals surface area (Å²) in [5, 5.41) is 3.30. The van der Waals surface area contributed by atoms with Crippen LogP contribution in [-0.2, 0) is 0 Å². The first-order chi connectivity index (χ1) is 8.13. The molecule has 2 nitrogen and oxygen atoms in total. The molecule has 0 atom stereocenters. The molecule has 0 aliphatic heterocycles. The van der Waals surface area contributed by atoms with Gasteiger partial charge in [0, 0.05) is 17.7 Å². The highest BCUT2D eigenvalue weighted by Gasteiger charge is 2.00. The number of hydrogen-bond donors (Lipinski definition) is 1. The van der Waals surface area contributed by atoms with E-state index in [2.05, 4.69) is 19.2 Å². The summed E-state index contributed by atoms with van der Waals surface area (Å²) >= 11 is 0. The molecule has 0 spiro atoms. The quantitative estimate of drug-likeness (QED) is 0.767. The molecular formula is C14H20FNO. The Bertz CT molecular complexity index is 374. The van der Waals surface area contributed by atoms with Gasteiger partial charge >= 0.3 is 0 Å². The Morgan fingerprint density at radius 1 is 1.41 bits per heavy atom. The summed E-state index contributed by atoms with van der Waals surface area (Å²) in [6.07, 6.45) is 4.67. The minimum atomic E-state index is -0.252. The van der Waals surface area contributed by atoms with E-state index in [0.717, 1.165) is 13.0 Å². The van der Waals surface area contributed by atoms with Gasteiger partial charge in [-0.15, -0.1) is 0 Å². The van der Waals surface area contributed by atoms with Crippen molar-refractivity contribution in [2.45, 2.75) is 26.3 Å². The average molecular weight is 237 g/mol. The fraction of sp³-hybridized carbons (Fsp3) is 0.429. The first-order valence-corrected chi connectivity index (χ1v) is 5.87. The highest BCUT2D eigenvalue weighted by Crippen LogP contribution is 2.17. The van der Waals surface area contributed by atoms with E-state index in [1.807, 2.05) is 6.08 Å². The zero-order valence-electron chi connectivity index (χ0n) is 10.7. The standard InChI is InChI=1S/C14H20FNO/c1-11(2)16-9-5-4-6-12-7-8-13(17-3)10-14(12)15/h4,6-8,10-11,16H,5,9H2,1-3H3/b6-4+. The number of ether oxygens (including phenoxy) is 1. The first-order valence-electron chi connectivity index (χ1n) is 5.87. The normalized spacial score (nSPS) is 11.4. The molecule has 0 unspecified atom stereocenters. The maximum absolute atomic E-state index is 13.5. The zero-order chi connectivity index (χ0) is 12.7. The second kappa shape index (κ2) is 7.07. The monoisotopic (exact) mass is 237 g/mol. The van der Waals surface area contributed by atoms with Crippen molar-refractivity contribution in [1.82, 2.24) is 5.32 Å². The second-order valence-electron chi connectivity index (χ2n) is 4.19. The molecule has 0 fully saturated rings. The van der Waals surface area contributed by atoms with Crippen LogP contribution in [0.3, 0.4) is 0 Å². The molecule has 17 heavy (non-hydrogen) atoms. The number of hydrogen-bond acceptors (Lipinski definition) is 2. The summed E-state index contributed by atoms with van der Waals surface area (Å²) in [4.78, 5) is 0. The third-order valence-electron chi connectivity index (χ3n) is 2.37. The Hall–Kier alpha value is -1.35. The van der Waals surface area contributed by atoms with Gasteiger partial charge in [0.25, 0.3) is 0 Å².